The van der Waals surface area contributed by atoms with E-state index in [2.05, 4.69) is 5.32 Å². The number of benzene rings is 1. The Labute approximate surface area is 124 Å². The van der Waals surface area contributed by atoms with Crippen LogP contribution in [0.15, 0.2) is 30.3 Å². The largest absolute Gasteiger partial charge is 0.395 e. The zero-order valence-corrected chi connectivity index (χ0v) is 13.0. The number of carbonyl (C=O) groups is 1. The predicted molar refractivity (Wildman–Crippen MR) is 82.7 cm³/mol. The van der Waals surface area contributed by atoms with E-state index in [9.17, 15) is 9.90 Å². The third kappa shape index (κ3) is 5.53. The second kappa shape index (κ2) is 9.00. The molecule has 1 aromatic rings. The number of amides is 1. The van der Waals surface area contributed by atoms with E-state index in [1.54, 1.807) is 6.92 Å². The lowest BCUT2D eigenvalue weighted by Crippen LogP contribution is -2.45. The first-order chi connectivity index (χ1) is 9.58. The Morgan fingerprint density at radius 3 is 2.55 bits per heavy atom. The summed E-state index contributed by atoms with van der Waals surface area (Å²) in [5.74, 6) is -0.152. The van der Waals surface area contributed by atoms with Crippen LogP contribution in [0.2, 0.25) is 0 Å². The summed E-state index contributed by atoms with van der Waals surface area (Å²) < 4.78 is 5.56. The number of hydrogen-bond donors (Lipinski definition) is 2. The molecule has 4 nitrogen and oxygen atoms in total. The second-order valence-corrected chi connectivity index (χ2v) is 5.77. The Bertz CT molecular complexity index is 395. The van der Waals surface area contributed by atoms with Crippen molar-refractivity contribution in [3.63, 3.8) is 0 Å². The van der Waals surface area contributed by atoms with Crippen molar-refractivity contribution in [2.45, 2.75) is 37.9 Å². The Kier molecular flexibility index (Phi) is 7.65. The lowest BCUT2D eigenvalue weighted by Gasteiger charge is -2.23. The minimum absolute atomic E-state index is 0.000253. The third-order valence-electron chi connectivity index (χ3n) is 3.12. The number of aliphatic hydroxyl groups is 1. The molecule has 0 spiro atoms. The third-order valence-corrected chi connectivity index (χ3v) is 4.29. The molecule has 0 aliphatic heterocycles. The number of rotatable bonds is 8. The molecule has 1 amide bonds. The van der Waals surface area contributed by atoms with Crippen LogP contribution in [0.25, 0.3) is 0 Å². The minimum atomic E-state index is -0.515. The van der Waals surface area contributed by atoms with Gasteiger partial charge in [-0.1, -0.05) is 30.3 Å². The molecule has 1 rings (SSSR count). The van der Waals surface area contributed by atoms with Crippen molar-refractivity contribution in [3.8, 4) is 0 Å². The standard InChI is InChI=1S/C15H23NO3S/c1-11(14(9-17)20-3)16-15(18)12(2)19-10-13-7-5-4-6-8-13/h4-8,11-12,14,17H,9-10H2,1-3H3,(H,16,18). The van der Waals surface area contributed by atoms with Crippen molar-refractivity contribution >= 4 is 17.7 Å². The number of thioether (sulfide) groups is 1. The van der Waals surface area contributed by atoms with Crippen LogP contribution in [0.5, 0.6) is 0 Å². The zero-order chi connectivity index (χ0) is 15.0. The normalized spacial score (nSPS) is 15.4. The molecule has 112 valence electrons. The molecule has 0 saturated carbocycles. The van der Waals surface area contributed by atoms with E-state index >= 15 is 0 Å². The molecule has 0 bridgehead atoms. The van der Waals surface area contributed by atoms with Crippen LogP contribution in [-0.2, 0) is 16.1 Å². The van der Waals surface area contributed by atoms with Crippen LogP contribution in [0, 0.1) is 0 Å². The molecular weight excluding hydrogens is 274 g/mol. The molecule has 3 unspecified atom stereocenters. The zero-order valence-electron chi connectivity index (χ0n) is 12.2. The van der Waals surface area contributed by atoms with Gasteiger partial charge in [0, 0.05) is 11.3 Å². The molecule has 0 aliphatic rings. The van der Waals surface area contributed by atoms with E-state index in [-0.39, 0.29) is 23.8 Å². The fourth-order valence-corrected chi connectivity index (χ4v) is 2.37. The average molecular weight is 297 g/mol. The van der Waals surface area contributed by atoms with E-state index in [0.717, 1.165) is 5.56 Å². The fraction of sp³-hybridized carbons (Fsp3) is 0.533. The van der Waals surface area contributed by atoms with Gasteiger partial charge in [0.1, 0.15) is 6.10 Å². The maximum atomic E-state index is 12.0. The molecule has 1 aromatic carbocycles. The molecule has 5 heteroatoms. The predicted octanol–water partition coefficient (Wildman–Crippen LogP) is 1.82. The van der Waals surface area contributed by atoms with Gasteiger partial charge in [-0.05, 0) is 25.7 Å². The summed E-state index contributed by atoms with van der Waals surface area (Å²) >= 11 is 1.54. The van der Waals surface area contributed by atoms with Gasteiger partial charge >= 0.3 is 0 Å². The number of nitrogens with one attached hydrogen (secondary N) is 1. The summed E-state index contributed by atoms with van der Waals surface area (Å²) in [5.41, 5.74) is 1.04. The van der Waals surface area contributed by atoms with Crippen molar-refractivity contribution in [2.24, 2.45) is 0 Å². The fourth-order valence-electron chi connectivity index (χ4n) is 1.74. The number of ether oxygens (including phenoxy) is 1. The SMILES string of the molecule is CSC(CO)C(C)NC(=O)C(C)OCc1ccccc1. The Morgan fingerprint density at radius 1 is 1.35 bits per heavy atom. The highest BCUT2D eigenvalue weighted by Gasteiger charge is 2.20. The first-order valence-corrected chi connectivity index (χ1v) is 7.96. The van der Waals surface area contributed by atoms with Crippen LogP contribution in [0.4, 0.5) is 0 Å². The van der Waals surface area contributed by atoms with Gasteiger partial charge in [0.2, 0.25) is 5.91 Å². The van der Waals surface area contributed by atoms with Gasteiger partial charge in [-0.25, -0.2) is 0 Å². The van der Waals surface area contributed by atoms with Crippen LogP contribution in [0.1, 0.15) is 19.4 Å². The van der Waals surface area contributed by atoms with Gasteiger partial charge < -0.3 is 15.2 Å². The number of hydrogen-bond acceptors (Lipinski definition) is 4. The van der Waals surface area contributed by atoms with Gasteiger partial charge in [-0.2, -0.15) is 11.8 Å². The maximum Gasteiger partial charge on any atom is 0.249 e. The highest BCUT2D eigenvalue weighted by atomic mass is 32.2. The van der Waals surface area contributed by atoms with Gasteiger partial charge in [-0.3, -0.25) is 4.79 Å². The van der Waals surface area contributed by atoms with Crippen LogP contribution >= 0.6 is 11.8 Å². The summed E-state index contributed by atoms with van der Waals surface area (Å²) in [6.07, 6.45) is 1.40. The average Bonchev–Trinajstić information content (AvgIpc) is 2.47. The smallest absolute Gasteiger partial charge is 0.249 e. The molecule has 0 aromatic heterocycles. The van der Waals surface area contributed by atoms with E-state index in [1.807, 2.05) is 43.5 Å². The monoisotopic (exact) mass is 297 g/mol. The van der Waals surface area contributed by atoms with Crippen molar-refractivity contribution in [1.82, 2.24) is 5.32 Å². The first-order valence-electron chi connectivity index (χ1n) is 6.68. The highest BCUT2D eigenvalue weighted by molar-refractivity contribution is 7.99. The van der Waals surface area contributed by atoms with Gasteiger partial charge in [0.15, 0.2) is 0 Å². The molecular formula is C15H23NO3S. The topological polar surface area (TPSA) is 58.6 Å². The number of aliphatic hydroxyl groups excluding tert-OH is 1. The van der Waals surface area contributed by atoms with Crippen molar-refractivity contribution in [1.29, 1.82) is 0 Å². The van der Waals surface area contributed by atoms with Crippen molar-refractivity contribution in [3.05, 3.63) is 35.9 Å². The molecule has 0 aliphatic carbocycles. The molecule has 20 heavy (non-hydrogen) atoms. The number of carbonyl (C=O) groups excluding carboxylic acids is 1. The lowest BCUT2D eigenvalue weighted by molar-refractivity contribution is -0.133. The minimum Gasteiger partial charge on any atom is -0.395 e. The van der Waals surface area contributed by atoms with Gasteiger partial charge in [0.05, 0.1) is 13.2 Å². The van der Waals surface area contributed by atoms with Crippen molar-refractivity contribution < 1.29 is 14.6 Å². The summed E-state index contributed by atoms with van der Waals surface area (Å²) in [6, 6.07) is 9.65. The summed E-state index contributed by atoms with van der Waals surface area (Å²) in [6.45, 7) is 4.08. The first kappa shape index (κ1) is 17.0. The van der Waals surface area contributed by atoms with Crippen LogP contribution in [0.3, 0.4) is 0 Å². The molecule has 0 saturated heterocycles. The molecule has 2 N–H and O–H groups in total. The maximum absolute atomic E-state index is 12.0. The van der Waals surface area contributed by atoms with Gasteiger partial charge in [-0.15, -0.1) is 0 Å². The molecule has 3 atom stereocenters. The van der Waals surface area contributed by atoms with Crippen LogP contribution < -0.4 is 5.32 Å². The Morgan fingerprint density at radius 2 is 2.00 bits per heavy atom. The summed E-state index contributed by atoms with van der Waals surface area (Å²) in [4.78, 5) is 12.0. The quantitative estimate of drug-likeness (QED) is 0.768. The lowest BCUT2D eigenvalue weighted by atomic mass is 10.2. The van der Waals surface area contributed by atoms with E-state index in [1.165, 1.54) is 11.8 Å². The van der Waals surface area contributed by atoms with E-state index in [0.29, 0.717) is 6.61 Å². The summed E-state index contributed by atoms with van der Waals surface area (Å²) in [7, 11) is 0. The molecule has 0 radical (unpaired) electrons. The molecule has 0 heterocycles. The Hall–Kier alpha value is -1.04. The second-order valence-electron chi connectivity index (χ2n) is 4.69. The highest BCUT2D eigenvalue weighted by Crippen LogP contribution is 2.11. The van der Waals surface area contributed by atoms with Crippen molar-refractivity contribution in [2.75, 3.05) is 12.9 Å². The molecule has 0 fully saturated rings. The summed E-state index contributed by atoms with van der Waals surface area (Å²) in [5, 5.41) is 12.1. The Balaban J connectivity index is 2.39. The van der Waals surface area contributed by atoms with E-state index in [4.69, 9.17) is 4.74 Å². The van der Waals surface area contributed by atoms with Crippen LogP contribution in [-0.4, -0.2) is 41.3 Å². The van der Waals surface area contributed by atoms with E-state index < -0.39 is 6.10 Å². The van der Waals surface area contributed by atoms with Gasteiger partial charge in [0.25, 0.3) is 0 Å².